The standard InChI is InChI=1S/C17H20Br2ClN9O2/c18-6-1-7-11(30)28-3-5-4(2-21)9(20)16(13(31)25-15(23)26-16)8(5)17(28)12(24-14(22)27-17)29(7)10(6)19/h1,4-5,8-9,12-13,31H,2-3,21H2,(H3,22,24,27)(H3,23,25,26)/t4-,5-,8+,9+,12+,13+,16-,17-/m1/s1. The van der Waals surface area contributed by atoms with Gasteiger partial charge in [0.2, 0.25) is 0 Å². The van der Waals surface area contributed by atoms with Crippen molar-refractivity contribution in [2.24, 2.45) is 44.9 Å². The molecule has 4 aliphatic heterocycles. The van der Waals surface area contributed by atoms with Crippen LogP contribution in [0.3, 0.4) is 0 Å². The highest BCUT2D eigenvalue weighted by molar-refractivity contribution is 9.13. The zero-order chi connectivity index (χ0) is 22.0. The van der Waals surface area contributed by atoms with Crippen LogP contribution in [0.25, 0.3) is 0 Å². The third kappa shape index (κ3) is 2.06. The Morgan fingerprint density at radius 2 is 2.00 bits per heavy atom. The first-order valence-corrected chi connectivity index (χ1v) is 11.8. The van der Waals surface area contributed by atoms with Gasteiger partial charge >= 0.3 is 0 Å². The van der Waals surface area contributed by atoms with E-state index in [2.05, 4.69) is 52.5 Å². The molecule has 5 heterocycles. The van der Waals surface area contributed by atoms with E-state index in [1.165, 1.54) is 0 Å². The van der Waals surface area contributed by atoms with Crippen molar-refractivity contribution in [3.8, 4) is 0 Å². The molecule has 1 amide bonds. The lowest BCUT2D eigenvalue weighted by Gasteiger charge is -2.51. The van der Waals surface area contributed by atoms with Gasteiger partial charge < -0.3 is 42.4 Å². The van der Waals surface area contributed by atoms with Crippen LogP contribution in [0.4, 0.5) is 0 Å². The molecular formula is C17H20Br2ClN9O2. The Bertz CT molecular complexity index is 1090. The van der Waals surface area contributed by atoms with Gasteiger partial charge in [0.25, 0.3) is 5.91 Å². The minimum atomic E-state index is -1.21. The van der Waals surface area contributed by atoms with Gasteiger partial charge in [-0.25, -0.2) is 9.98 Å². The lowest BCUT2D eigenvalue weighted by Crippen LogP contribution is -2.74. The summed E-state index contributed by atoms with van der Waals surface area (Å²) in [4.78, 5) is 24.3. The normalized spacial score (nSPS) is 44.4. The summed E-state index contributed by atoms with van der Waals surface area (Å²) in [6.45, 7) is 0.670. The summed E-state index contributed by atoms with van der Waals surface area (Å²) < 4.78 is 3.22. The molecule has 6 rings (SSSR count). The van der Waals surface area contributed by atoms with Crippen LogP contribution in [0.1, 0.15) is 16.7 Å². The molecule has 11 nitrogen and oxygen atoms in total. The summed E-state index contributed by atoms with van der Waals surface area (Å²) in [5.74, 6) is -0.639. The van der Waals surface area contributed by atoms with Gasteiger partial charge in [-0.2, -0.15) is 0 Å². The Labute approximate surface area is 198 Å². The first kappa shape index (κ1) is 20.1. The second-order valence-electron chi connectivity index (χ2n) is 8.68. The number of nitrogens with one attached hydrogen (secondary N) is 2. The number of amides is 1. The molecule has 2 spiro atoms. The fourth-order valence-corrected chi connectivity index (χ4v) is 8.10. The van der Waals surface area contributed by atoms with Crippen LogP contribution < -0.4 is 27.8 Å². The van der Waals surface area contributed by atoms with Gasteiger partial charge in [-0.15, -0.1) is 11.6 Å². The molecule has 1 aromatic heterocycles. The summed E-state index contributed by atoms with van der Waals surface area (Å²) >= 11 is 14.0. The number of aliphatic hydroxyl groups excluding tert-OH is 1. The minimum Gasteiger partial charge on any atom is -0.370 e. The van der Waals surface area contributed by atoms with Crippen molar-refractivity contribution >= 4 is 61.3 Å². The number of carbonyl (C=O) groups is 1. The van der Waals surface area contributed by atoms with Crippen molar-refractivity contribution in [3.05, 3.63) is 20.8 Å². The Balaban J connectivity index is 1.62. The number of aliphatic hydroxyl groups is 1. The van der Waals surface area contributed by atoms with E-state index >= 15 is 0 Å². The maximum absolute atomic E-state index is 13.7. The average Bonchev–Trinajstić information content (AvgIpc) is 3.43. The average molecular weight is 578 g/mol. The lowest BCUT2D eigenvalue weighted by molar-refractivity contribution is -0.0274. The fourth-order valence-electron chi connectivity index (χ4n) is 6.60. The maximum Gasteiger partial charge on any atom is 0.272 e. The number of rotatable bonds is 1. The molecule has 0 unspecified atom stereocenters. The molecule has 1 saturated carbocycles. The molecule has 8 atom stereocenters. The SMILES string of the molecule is NC[C@@H]1[C@H]2CN3C(=O)c4cc(Br)c(Br)n4[C@@H]4N=C(N)N[C@@]43[C@@H]2[C@@]2(NC(N)=N[C@H]2O)[C@H]1Cl. The Morgan fingerprint density at radius 1 is 1.29 bits per heavy atom. The van der Waals surface area contributed by atoms with Crippen molar-refractivity contribution in [1.82, 2.24) is 20.1 Å². The number of hydrogen-bond donors (Lipinski definition) is 6. The molecule has 14 heteroatoms. The van der Waals surface area contributed by atoms with E-state index in [4.69, 9.17) is 28.8 Å². The molecule has 1 aliphatic carbocycles. The van der Waals surface area contributed by atoms with Crippen molar-refractivity contribution < 1.29 is 9.90 Å². The van der Waals surface area contributed by atoms with Crippen molar-refractivity contribution in [2.75, 3.05) is 13.1 Å². The second-order valence-corrected chi connectivity index (χ2v) is 10.8. The summed E-state index contributed by atoms with van der Waals surface area (Å²) in [6.07, 6.45) is -1.81. The molecule has 166 valence electrons. The molecule has 0 bridgehead atoms. The zero-order valence-electron chi connectivity index (χ0n) is 16.0. The highest BCUT2D eigenvalue weighted by Crippen LogP contribution is 2.63. The van der Waals surface area contributed by atoms with Gasteiger partial charge in [0.1, 0.15) is 15.8 Å². The van der Waals surface area contributed by atoms with E-state index in [-0.39, 0.29) is 36.2 Å². The Morgan fingerprint density at radius 3 is 2.65 bits per heavy atom. The van der Waals surface area contributed by atoms with Gasteiger partial charge in [-0.3, -0.25) is 4.79 Å². The molecule has 0 radical (unpaired) electrons. The van der Waals surface area contributed by atoms with Crippen molar-refractivity contribution in [3.63, 3.8) is 0 Å². The zero-order valence-corrected chi connectivity index (χ0v) is 19.9. The first-order valence-electron chi connectivity index (χ1n) is 9.81. The quantitative estimate of drug-likeness (QED) is 0.232. The van der Waals surface area contributed by atoms with Gasteiger partial charge in [-0.05, 0) is 56.3 Å². The smallest absolute Gasteiger partial charge is 0.272 e. The third-order valence-corrected chi connectivity index (χ3v) is 10.2. The molecule has 9 N–H and O–H groups in total. The predicted octanol–water partition coefficient (Wildman–Crippen LogP) is -1.00. The summed E-state index contributed by atoms with van der Waals surface area (Å²) in [5, 5.41) is 17.0. The topological polar surface area (TPSA) is 172 Å². The van der Waals surface area contributed by atoms with Crippen LogP contribution in [-0.2, 0) is 0 Å². The second kappa shape index (κ2) is 6.07. The molecule has 1 saturated heterocycles. The molecule has 5 aliphatic rings. The van der Waals surface area contributed by atoms with E-state index < -0.39 is 34.9 Å². The van der Waals surface area contributed by atoms with Gasteiger partial charge in [-0.1, -0.05) is 0 Å². The third-order valence-electron chi connectivity index (χ3n) is 7.57. The fraction of sp³-hybridized carbons (Fsp3) is 0.588. The van der Waals surface area contributed by atoms with E-state index in [9.17, 15) is 9.90 Å². The van der Waals surface area contributed by atoms with E-state index in [1.54, 1.807) is 11.0 Å². The predicted molar refractivity (Wildman–Crippen MR) is 120 cm³/mol. The monoisotopic (exact) mass is 575 g/mol. The maximum atomic E-state index is 13.7. The number of fused-ring (bicyclic) bond motifs is 4. The van der Waals surface area contributed by atoms with Crippen LogP contribution >= 0.6 is 43.5 Å². The lowest BCUT2D eigenvalue weighted by atomic mass is 9.73. The van der Waals surface area contributed by atoms with Crippen LogP contribution in [0.5, 0.6) is 0 Å². The highest BCUT2D eigenvalue weighted by atomic mass is 79.9. The van der Waals surface area contributed by atoms with Crippen molar-refractivity contribution in [2.45, 2.75) is 29.0 Å². The number of carbonyl (C=O) groups excluding carboxylic acids is 1. The number of guanidine groups is 2. The Hall–Kier alpha value is -1.54. The Kier molecular flexibility index (Phi) is 3.93. The molecule has 2 fully saturated rings. The number of hydrogen-bond acceptors (Lipinski definition) is 9. The minimum absolute atomic E-state index is 0.0978. The summed E-state index contributed by atoms with van der Waals surface area (Å²) in [7, 11) is 0. The van der Waals surface area contributed by atoms with Gasteiger partial charge in [0, 0.05) is 12.5 Å². The number of nitrogens with two attached hydrogens (primary N) is 3. The van der Waals surface area contributed by atoms with E-state index in [0.717, 1.165) is 4.47 Å². The summed E-state index contributed by atoms with van der Waals surface area (Å²) in [6, 6.07) is 1.76. The molecule has 31 heavy (non-hydrogen) atoms. The molecule has 1 aromatic rings. The molecule has 0 aromatic carbocycles. The number of aliphatic imine (C=N–C) groups is 2. The number of nitrogens with zero attached hydrogens (tertiary/aromatic N) is 4. The number of halogens is 3. The van der Waals surface area contributed by atoms with Crippen LogP contribution in [-0.4, -0.2) is 68.3 Å². The van der Waals surface area contributed by atoms with E-state index in [1.807, 2.05) is 4.57 Å². The summed E-state index contributed by atoms with van der Waals surface area (Å²) in [5.41, 5.74) is 16.6. The highest BCUT2D eigenvalue weighted by Gasteiger charge is 2.79. The van der Waals surface area contributed by atoms with Crippen molar-refractivity contribution in [1.29, 1.82) is 0 Å². The van der Waals surface area contributed by atoms with Gasteiger partial charge in [0.05, 0.1) is 9.85 Å². The molecular weight excluding hydrogens is 558 g/mol. The van der Waals surface area contributed by atoms with E-state index in [0.29, 0.717) is 16.8 Å². The van der Waals surface area contributed by atoms with Gasteiger partial charge in [0.15, 0.2) is 30.0 Å². The van der Waals surface area contributed by atoms with Crippen LogP contribution in [0, 0.1) is 17.8 Å². The number of alkyl halides is 1. The number of aromatic nitrogens is 1. The van der Waals surface area contributed by atoms with Crippen LogP contribution in [0.15, 0.2) is 25.1 Å². The first-order chi connectivity index (χ1) is 14.7. The largest absolute Gasteiger partial charge is 0.370 e. The van der Waals surface area contributed by atoms with Crippen LogP contribution in [0.2, 0.25) is 0 Å².